The van der Waals surface area contributed by atoms with Gasteiger partial charge in [-0.2, -0.15) is 0 Å². The van der Waals surface area contributed by atoms with Gasteiger partial charge in [-0.05, 0) is 6.92 Å². The second kappa shape index (κ2) is 3.25. The van der Waals surface area contributed by atoms with E-state index in [1.807, 2.05) is 0 Å². The first-order valence-electron chi connectivity index (χ1n) is 2.48. The third-order valence-corrected chi connectivity index (χ3v) is 1.09. The van der Waals surface area contributed by atoms with Crippen molar-refractivity contribution in [2.24, 2.45) is 5.73 Å². The van der Waals surface area contributed by atoms with Crippen LogP contribution in [-0.4, -0.2) is 36.1 Å². The van der Waals surface area contributed by atoms with Gasteiger partial charge in [0.1, 0.15) is 0 Å². The van der Waals surface area contributed by atoms with E-state index in [9.17, 15) is 0 Å². The number of rotatable bonds is 3. The minimum atomic E-state index is -4.30. The van der Waals surface area contributed by atoms with E-state index in [0.717, 1.165) is 0 Å². The van der Waals surface area contributed by atoms with E-state index in [-0.39, 0.29) is 12.6 Å². The minimum absolute atomic E-state index is 0.0459. The average molecular weight is 153 g/mol. The van der Waals surface area contributed by atoms with Gasteiger partial charge in [-0.25, -0.2) is 0 Å². The van der Waals surface area contributed by atoms with Crippen molar-refractivity contribution in [3.8, 4) is 0 Å². The van der Waals surface area contributed by atoms with Crippen LogP contribution in [0.1, 0.15) is 6.92 Å². The van der Waals surface area contributed by atoms with E-state index in [1.165, 1.54) is 0 Å². The predicted octanol–water partition coefficient (Wildman–Crippen LogP) is -2.24. The van der Waals surface area contributed by atoms with Gasteiger partial charge in [0.15, 0.2) is 0 Å². The summed E-state index contributed by atoms with van der Waals surface area (Å²) in [7, 11) is -4.30. The lowest BCUT2D eigenvalue weighted by molar-refractivity contribution is 0.0594. The monoisotopic (exact) mass is 153 g/mol. The molecule has 0 rings (SSSR count). The van der Waals surface area contributed by atoms with Crippen LogP contribution < -0.4 is 5.73 Å². The summed E-state index contributed by atoms with van der Waals surface area (Å²) < 4.78 is 4.17. The lowest BCUT2D eigenvalue weighted by Gasteiger charge is -2.11. The molecule has 0 aromatic rings. The SMILES string of the molecule is CC(N)CO[Si](O)(O)O. The molecule has 0 fully saturated rings. The molecule has 0 spiro atoms. The molecule has 0 saturated heterocycles. The highest BCUT2D eigenvalue weighted by molar-refractivity contribution is 6.48. The Balaban J connectivity index is 3.28. The lowest BCUT2D eigenvalue weighted by atomic mass is 10.4. The van der Waals surface area contributed by atoms with Gasteiger partial charge >= 0.3 is 9.05 Å². The average Bonchev–Trinajstić information content (AvgIpc) is 1.59. The molecule has 0 bridgehead atoms. The molecule has 5 N–H and O–H groups in total. The van der Waals surface area contributed by atoms with Crippen molar-refractivity contribution in [2.75, 3.05) is 6.61 Å². The summed E-state index contributed by atoms with van der Waals surface area (Å²) in [6.07, 6.45) is 0. The fourth-order valence-corrected chi connectivity index (χ4v) is 0.730. The fraction of sp³-hybridized carbons (Fsp3) is 1.00. The molecule has 0 radical (unpaired) electrons. The van der Waals surface area contributed by atoms with Crippen molar-refractivity contribution in [1.82, 2.24) is 0 Å². The quantitative estimate of drug-likeness (QED) is 0.344. The zero-order chi connectivity index (χ0) is 7.49. The van der Waals surface area contributed by atoms with Gasteiger partial charge in [-0.3, -0.25) is 0 Å². The lowest BCUT2D eigenvalue weighted by Crippen LogP contribution is -2.42. The van der Waals surface area contributed by atoms with Crippen molar-refractivity contribution in [2.45, 2.75) is 13.0 Å². The van der Waals surface area contributed by atoms with E-state index in [1.54, 1.807) is 6.92 Å². The Hall–Kier alpha value is 0.0169. The number of nitrogens with two attached hydrogens (primary N) is 1. The van der Waals surface area contributed by atoms with E-state index in [2.05, 4.69) is 4.43 Å². The Kier molecular flexibility index (Phi) is 3.26. The molecule has 1 unspecified atom stereocenters. The zero-order valence-electron chi connectivity index (χ0n) is 5.11. The van der Waals surface area contributed by atoms with Crippen molar-refractivity contribution in [3.05, 3.63) is 0 Å². The highest BCUT2D eigenvalue weighted by Gasteiger charge is 2.30. The van der Waals surface area contributed by atoms with Gasteiger partial charge in [-0.1, -0.05) is 0 Å². The zero-order valence-corrected chi connectivity index (χ0v) is 6.11. The Labute approximate surface area is 54.2 Å². The Morgan fingerprint density at radius 3 is 2.11 bits per heavy atom. The summed E-state index contributed by atoms with van der Waals surface area (Å²) in [4.78, 5) is 24.7. The maximum Gasteiger partial charge on any atom is 0.671 e. The summed E-state index contributed by atoms with van der Waals surface area (Å²) >= 11 is 0. The van der Waals surface area contributed by atoms with Crippen LogP contribution in [0.4, 0.5) is 0 Å². The van der Waals surface area contributed by atoms with Crippen LogP contribution in [0.2, 0.25) is 0 Å². The molecule has 0 aliphatic heterocycles. The first-order valence-corrected chi connectivity index (χ1v) is 4.23. The Morgan fingerprint density at radius 2 is 2.00 bits per heavy atom. The predicted molar refractivity (Wildman–Crippen MR) is 32.0 cm³/mol. The maximum atomic E-state index is 8.24. The van der Waals surface area contributed by atoms with Crippen LogP contribution in [0, 0.1) is 0 Å². The smallest absolute Gasteiger partial charge is 0.368 e. The van der Waals surface area contributed by atoms with Crippen molar-refractivity contribution in [1.29, 1.82) is 0 Å². The maximum absolute atomic E-state index is 8.24. The molecule has 6 heteroatoms. The standard InChI is InChI=1S/C3H11NO4Si/c1-3(4)2-8-9(5,6)7/h3,5-7H,2,4H2,1H3. The van der Waals surface area contributed by atoms with Crippen molar-refractivity contribution >= 4 is 9.05 Å². The van der Waals surface area contributed by atoms with E-state index in [4.69, 9.17) is 20.1 Å². The molecular formula is C3H11NO4Si. The van der Waals surface area contributed by atoms with Crippen LogP contribution in [0.25, 0.3) is 0 Å². The van der Waals surface area contributed by atoms with Gasteiger partial charge in [0, 0.05) is 6.04 Å². The Bertz CT molecular complexity index is 80.4. The topological polar surface area (TPSA) is 95.9 Å². The summed E-state index contributed by atoms with van der Waals surface area (Å²) in [6, 6.07) is -0.302. The molecule has 0 aromatic carbocycles. The highest BCUT2D eigenvalue weighted by atomic mass is 28.4. The first kappa shape index (κ1) is 9.02. The summed E-state index contributed by atoms with van der Waals surface area (Å²) in [5, 5.41) is 0. The molecule has 5 nitrogen and oxygen atoms in total. The molecule has 0 heterocycles. The van der Waals surface area contributed by atoms with Crippen LogP contribution in [0.3, 0.4) is 0 Å². The molecule has 0 aliphatic carbocycles. The molecule has 0 aromatic heterocycles. The molecule has 56 valence electrons. The molecule has 0 saturated carbocycles. The van der Waals surface area contributed by atoms with E-state index in [0.29, 0.717) is 0 Å². The molecule has 1 atom stereocenters. The van der Waals surface area contributed by atoms with Gasteiger partial charge in [-0.15, -0.1) is 0 Å². The van der Waals surface area contributed by atoms with Crippen molar-refractivity contribution < 1.29 is 18.8 Å². The third-order valence-electron chi connectivity index (χ3n) is 0.540. The normalized spacial score (nSPS) is 15.7. The number of hydrogen-bond donors (Lipinski definition) is 4. The summed E-state index contributed by atoms with van der Waals surface area (Å²) in [6.45, 7) is 1.58. The van der Waals surface area contributed by atoms with E-state index >= 15 is 0 Å². The third kappa shape index (κ3) is 8.02. The first-order chi connectivity index (χ1) is 3.92. The fourth-order valence-electron chi connectivity index (χ4n) is 0.243. The van der Waals surface area contributed by atoms with Crippen molar-refractivity contribution in [3.63, 3.8) is 0 Å². The molecular weight excluding hydrogens is 142 g/mol. The van der Waals surface area contributed by atoms with Crippen LogP contribution in [0.15, 0.2) is 0 Å². The molecule has 0 amide bonds. The molecule has 0 aliphatic rings. The van der Waals surface area contributed by atoms with Crippen LogP contribution in [0.5, 0.6) is 0 Å². The van der Waals surface area contributed by atoms with Gasteiger partial charge in [0.05, 0.1) is 6.61 Å². The van der Waals surface area contributed by atoms with Crippen LogP contribution in [-0.2, 0) is 4.43 Å². The van der Waals surface area contributed by atoms with E-state index < -0.39 is 9.05 Å². The summed E-state index contributed by atoms with van der Waals surface area (Å²) in [5.74, 6) is 0. The largest absolute Gasteiger partial charge is 0.671 e. The Morgan fingerprint density at radius 1 is 1.56 bits per heavy atom. The van der Waals surface area contributed by atoms with Gasteiger partial charge < -0.3 is 24.5 Å². The van der Waals surface area contributed by atoms with Gasteiger partial charge in [0.25, 0.3) is 0 Å². The molecule has 9 heavy (non-hydrogen) atoms. The number of hydrogen-bond acceptors (Lipinski definition) is 5. The van der Waals surface area contributed by atoms with Crippen LogP contribution >= 0.6 is 0 Å². The summed E-state index contributed by atoms with van der Waals surface area (Å²) in [5.41, 5.74) is 5.16. The van der Waals surface area contributed by atoms with Gasteiger partial charge in [0.2, 0.25) is 0 Å². The minimum Gasteiger partial charge on any atom is -0.368 e. The highest BCUT2D eigenvalue weighted by Crippen LogP contribution is 1.89. The second-order valence-corrected chi connectivity index (χ2v) is 3.30. The second-order valence-electron chi connectivity index (χ2n) is 1.86.